The Balaban J connectivity index is 1.89. The molecule has 3 aromatic rings. The summed E-state index contributed by atoms with van der Waals surface area (Å²) >= 11 is 0. The van der Waals surface area contributed by atoms with Crippen molar-refractivity contribution in [3.63, 3.8) is 0 Å². The fourth-order valence-corrected chi connectivity index (χ4v) is 2.73. The van der Waals surface area contributed by atoms with Crippen molar-refractivity contribution in [2.45, 2.75) is 20.0 Å². The van der Waals surface area contributed by atoms with E-state index in [1.165, 1.54) is 12.1 Å². The number of nitriles is 1. The van der Waals surface area contributed by atoms with E-state index in [0.29, 0.717) is 28.9 Å². The van der Waals surface area contributed by atoms with Crippen molar-refractivity contribution in [1.29, 1.82) is 5.26 Å². The standard InChI is InChI=1S/C20H18FN3O2/c1-14-17(12-22)19(24(23-14)16-5-3-2-4-6-16)13-26-20-8-7-15(9-10-25)11-18(20)21/h2-8,11,25H,9-10,13H2,1H3. The minimum atomic E-state index is -0.503. The van der Waals surface area contributed by atoms with Crippen LogP contribution in [0.3, 0.4) is 0 Å². The van der Waals surface area contributed by atoms with E-state index >= 15 is 0 Å². The Kier molecular flexibility index (Phi) is 5.30. The third kappa shape index (κ3) is 3.58. The van der Waals surface area contributed by atoms with Crippen LogP contribution in [0.1, 0.15) is 22.5 Å². The first-order valence-electron chi connectivity index (χ1n) is 8.20. The largest absolute Gasteiger partial charge is 0.484 e. The van der Waals surface area contributed by atoms with Gasteiger partial charge in [0.1, 0.15) is 18.2 Å². The van der Waals surface area contributed by atoms with Gasteiger partial charge in [0.15, 0.2) is 11.6 Å². The van der Waals surface area contributed by atoms with Crippen molar-refractivity contribution in [1.82, 2.24) is 9.78 Å². The van der Waals surface area contributed by atoms with Gasteiger partial charge in [-0.05, 0) is 43.2 Å². The van der Waals surface area contributed by atoms with Gasteiger partial charge in [-0.2, -0.15) is 10.4 Å². The summed E-state index contributed by atoms with van der Waals surface area (Å²) in [6.45, 7) is 1.72. The molecule has 1 N–H and O–H groups in total. The quantitative estimate of drug-likeness (QED) is 0.740. The molecule has 0 amide bonds. The van der Waals surface area contributed by atoms with E-state index in [4.69, 9.17) is 9.84 Å². The molecule has 1 aromatic heterocycles. The number of ether oxygens (including phenoxy) is 1. The number of rotatable bonds is 6. The molecule has 0 saturated heterocycles. The smallest absolute Gasteiger partial charge is 0.165 e. The lowest BCUT2D eigenvalue weighted by Gasteiger charge is -2.11. The minimum absolute atomic E-state index is 0.00882. The lowest BCUT2D eigenvalue weighted by Crippen LogP contribution is -2.07. The highest BCUT2D eigenvalue weighted by Gasteiger charge is 2.17. The second-order valence-electron chi connectivity index (χ2n) is 5.79. The summed E-state index contributed by atoms with van der Waals surface area (Å²) in [6.07, 6.45) is 0.385. The van der Waals surface area contributed by atoms with Gasteiger partial charge in [-0.15, -0.1) is 0 Å². The van der Waals surface area contributed by atoms with Crippen LogP contribution < -0.4 is 4.74 Å². The fraction of sp³-hybridized carbons (Fsp3) is 0.200. The molecule has 0 radical (unpaired) electrons. The number of aliphatic hydroxyl groups excluding tert-OH is 1. The monoisotopic (exact) mass is 351 g/mol. The van der Waals surface area contributed by atoms with Gasteiger partial charge in [-0.1, -0.05) is 24.3 Å². The lowest BCUT2D eigenvalue weighted by atomic mass is 10.1. The first kappa shape index (κ1) is 17.6. The molecule has 5 nitrogen and oxygen atoms in total. The van der Waals surface area contributed by atoms with Gasteiger partial charge < -0.3 is 9.84 Å². The summed E-state index contributed by atoms with van der Waals surface area (Å²) in [4.78, 5) is 0. The average molecular weight is 351 g/mol. The predicted octanol–water partition coefficient (Wildman–Crippen LogP) is 3.31. The van der Waals surface area contributed by atoms with E-state index in [1.807, 2.05) is 30.3 Å². The van der Waals surface area contributed by atoms with E-state index < -0.39 is 5.82 Å². The number of benzene rings is 2. The molecule has 2 aromatic carbocycles. The first-order chi connectivity index (χ1) is 12.6. The normalized spacial score (nSPS) is 10.5. The molecule has 0 fully saturated rings. The zero-order valence-electron chi connectivity index (χ0n) is 14.3. The summed E-state index contributed by atoms with van der Waals surface area (Å²) < 4.78 is 21.5. The Morgan fingerprint density at radius 3 is 2.65 bits per heavy atom. The maximum absolute atomic E-state index is 14.2. The van der Waals surface area contributed by atoms with Crippen molar-refractivity contribution in [3.05, 3.63) is 76.9 Å². The SMILES string of the molecule is Cc1nn(-c2ccccc2)c(COc2ccc(CCO)cc2F)c1C#N. The summed E-state index contributed by atoms with van der Waals surface area (Å²) in [7, 11) is 0. The molecule has 0 unspecified atom stereocenters. The van der Waals surface area contributed by atoms with Gasteiger partial charge in [-0.25, -0.2) is 9.07 Å². The number of nitrogens with zero attached hydrogens (tertiary/aromatic N) is 3. The summed E-state index contributed by atoms with van der Waals surface area (Å²) in [5.74, 6) is -0.411. The molecule has 132 valence electrons. The number of aliphatic hydroxyl groups is 1. The molecule has 0 aliphatic rings. The number of aryl methyl sites for hydroxylation is 1. The van der Waals surface area contributed by atoms with Crippen molar-refractivity contribution >= 4 is 0 Å². The number of para-hydroxylation sites is 1. The Labute approximate surface area is 150 Å². The summed E-state index contributed by atoms with van der Waals surface area (Å²) in [6, 6.07) is 16.1. The molecular weight excluding hydrogens is 333 g/mol. The molecule has 0 saturated carbocycles. The van der Waals surface area contributed by atoms with E-state index in [0.717, 1.165) is 5.69 Å². The van der Waals surface area contributed by atoms with Crippen LogP contribution in [0, 0.1) is 24.1 Å². The zero-order chi connectivity index (χ0) is 18.5. The molecule has 0 spiro atoms. The Hall–Kier alpha value is -3.17. The van der Waals surface area contributed by atoms with Gasteiger partial charge in [0, 0.05) is 6.61 Å². The molecule has 0 atom stereocenters. The van der Waals surface area contributed by atoms with Crippen molar-refractivity contribution in [2.75, 3.05) is 6.61 Å². The molecule has 3 rings (SSSR count). The molecule has 0 bridgehead atoms. The average Bonchev–Trinajstić information content (AvgIpc) is 2.97. The Morgan fingerprint density at radius 2 is 2.00 bits per heavy atom. The highest BCUT2D eigenvalue weighted by atomic mass is 19.1. The number of halogens is 1. The van der Waals surface area contributed by atoms with Crippen LogP contribution >= 0.6 is 0 Å². The molecule has 1 heterocycles. The number of hydrogen-bond acceptors (Lipinski definition) is 4. The number of aromatic nitrogens is 2. The highest BCUT2D eigenvalue weighted by Crippen LogP contribution is 2.23. The Morgan fingerprint density at radius 1 is 1.23 bits per heavy atom. The summed E-state index contributed by atoms with van der Waals surface area (Å²) in [5.41, 5.74) is 3.07. The molecular formula is C20H18FN3O2. The third-order valence-electron chi connectivity index (χ3n) is 4.03. The van der Waals surface area contributed by atoms with Gasteiger partial charge in [-0.3, -0.25) is 0 Å². The van der Waals surface area contributed by atoms with Crippen LogP contribution in [0.5, 0.6) is 5.75 Å². The van der Waals surface area contributed by atoms with Gasteiger partial charge in [0.05, 0.1) is 17.1 Å². The van der Waals surface area contributed by atoms with Gasteiger partial charge in [0.25, 0.3) is 0 Å². The molecule has 0 aliphatic carbocycles. The maximum Gasteiger partial charge on any atom is 0.165 e. The number of hydrogen-bond donors (Lipinski definition) is 1. The zero-order valence-corrected chi connectivity index (χ0v) is 14.3. The van der Waals surface area contributed by atoms with Crippen LogP contribution in [0.4, 0.5) is 4.39 Å². The van der Waals surface area contributed by atoms with E-state index in [2.05, 4.69) is 11.2 Å². The molecule has 6 heteroatoms. The van der Waals surface area contributed by atoms with Gasteiger partial charge >= 0.3 is 0 Å². The van der Waals surface area contributed by atoms with Crippen molar-refractivity contribution in [3.8, 4) is 17.5 Å². The topological polar surface area (TPSA) is 71.1 Å². The predicted molar refractivity (Wildman–Crippen MR) is 94.5 cm³/mol. The van der Waals surface area contributed by atoms with E-state index in [-0.39, 0.29) is 19.0 Å². The maximum atomic E-state index is 14.2. The molecule has 0 aliphatic heterocycles. The van der Waals surface area contributed by atoms with Gasteiger partial charge in [0.2, 0.25) is 0 Å². The van der Waals surface area contributed by atoms with Crippen LogP contribution in [0.2, 0.25) is 0 Å². The highest BCUT2D eigenvalue weighted by molar-refractivity contribution is 5.43. The fourth-order valence-electron chi connectivity index (χ4n) is 2.73. The lowest BCUT2D eigenvalue weighted by molar-refractivity contribution is 0.281. The van der Waals surface area contributed by atoms with E-state index in [9.17, 15) is 9.65 Å². The third-order valence-corrected chi connectivity index (χ3v) is 4.03. The van der Waals surface area contributed by atoms with Crippen LogP contribution in [-0.4, -0.2) is 21.5 Å². The first-order valence-corrected chi connectivity index (χ1v) is 8.20. The van der Waals surface area contributed by atoms with Crippen LogP contribution in [0.15, 0.2) is 48.5 Å². The van der Waals surface area contributed by atoms with Crippen LogP contribution in [0.25, 0.3) is 5.69 Å². The summed E-state index contributed by atoms with van der Waals surface area (Å²) in [5, 5.41) is 22.8. The minimum Gasteiger partial charge on any atom is -0.484 e. The molecule has 26 heavy (non-hydrogen) atoms. The Bertz CT molecular complexity index is 946. The second-order valence-corrected chi connectivity index (χ2v) is 5.79. The van der Waals surface area contributed by atoms with Crippen LogP contribution in [-0.2, 0) is 13.0 Å². The van der Waals surface area contributed by atoms with Crippen molar-refractivity contribution < 1.29 is 14.2 Å². The van der Waals surface area contributed by atoms with Crippen molar-refractivity contribution in [2.24, 2.45) is 0 Å². The second kappa shape index (κ2) is 7.81. The van der Waals surface area contributed by atoms with E-state index in [1.54, 1.807) is 17.7 Å².